The van der Waals surface area contributed by atoms with E-state index in [2.05, 4.69) is 14.9 Å². The van der Waals surface area contributed by atoms with Gasteiger partial charge in [0.2, 0.25) is 0 Å². The Kier molecular flexibility index (Phi) is 3.13. The van der Waals surface area contributed by atoms with Gasteiger partial charge in [-0.2, -0.15) is 0 Å². The number of aliphatic hydroxyl groups is 1. The molecule has 15 heavy (non-hydrogen) atoms. The van der Waals surface area contributed by atoms with Crippen molar-refractivity contribution in [1.29, 1.82) is 0 Å². The summed E-state index contributed by atoms with van der Waals surface area (Å²) >= 11 is 0. The summed E-state index contributed by atoms with van der Waals surface area (Å²) in [4.78, 5) is 10.5. The van der Waals surface area contributed by atoms with Crippen molar-refractivity contribution in [3.05, 3.63) is 18.1 Å². The molecule has 5 heteroatoms. The first kappa shape index (κ1) is 10.3. The Balaban J connectivity index is 2.07. The van der Waals surface area contributed by atoms with E-state index in [1.54, 1.807) is 12.4 Å². The van der Waals surface area contributed by atoms with E-state index in [4.69, 9.17) is 5.73 Å². The quantitative estimate of drug-likeness (QED) is 0.709. The van der Waals surface area contributed by atoms with Gasteiger partial charge in [0.25, 0.3) is 0 Å². The Bertz CT molecular complexity index is 314. The summed E-state index contributed by atoms with van der Waals surface area (Å²) in [5.74, 6) is 0.825. The number of β-amino-alcohol motifs (C(OH)–C–C–N with tert-alkyl or cyclic N) is 1. The van der Waals surface area contributed by atoms with Crippen molar-refractivity contribution >= 4 is 5.82 Å². The molecule has 1 saturated heterocycles. The molecular weight excluding hydrogens is 192 g/mol. The fourth-order valence-electron chi connectivity index (χ4n) is 1.78. The molecule has 1 aliphatic rings. The van der Waals surface area contributed by atoms with Crippen LogP contribution in [0.2, 0.25) is 0 Å². The third kappa shape index (κ3) is 2.43. The van der Waals surface area contributed by atoms with Crippen LogP contribution in [0.1, 0.15) is 18.5 Å². The molecule has 3 N–H and O–H groups in total. The van der Waals surface area contributed by atoms with Crippen LogP contribution in [-0.2, 0) is 6.54 Å². The van der Waals surface area contributed by atoms with Crippen LogP contribution < -0.4 is 10.6 Å². The van der Waals surface area contributed by atoms with Gasteiger partial charge in [-0.1, -0.05) is 0 Å². The Morgan fingerprint density at radius 2 is 2.33 bits per heavy atom. The molecule has 1 unspecified atom stereocenters. The van der Waals surface area contributed by atoms with Crippen LogP contribution in [0.25, 0.3) is 0 Å². The second kappa shape index (κ2) is 4.55. The van der Waals surface area contributed by atoms with Gasteiger partial charge in [0.05, 0.1) is 24.2 Å². The zero-order chi connectivity index (χ0) is 10.7. The van der Waals surface area contributed by atoms with Crippen molar-refractivity contribution < 1.29 is 5.11 Å². The number of rotatable bonds is 2. The minimum atomic E-state index is -0.241. The highest BCUT2D eigenvalue weighted by Gasteiger charge is 2.18. The Morgan fingerprint density at radius 1 is 1.47 bits per heavy atom. The number of anilines is 1. The molecule has 1 atom stereocenters. The summed E-state index contributed by atoms with van der Waals surface area (Å²) in [5.41, 5.74) is 6.23. The molecule has 2 rings (SSSR count). The summed E-state index contributed by atoms with van der Waals surface area (Å²) in [6.45, 7) is 2.00. The average molecular weight is 208 g/mol. The van der Waals surface area contributed by atoms with E-state index >= 15 is 0 Å². The third-order valence-corrected chi connectivity index (χ3v) is 2.62. The van der Waals surface area contributed by atoms with E-state index in [-0.39, 0.29) is 6.10 Å². The van der Waals surface area contributed by atoms with Gasteiger partial charge < -0.3 is 15.7 Å². The van der Waals surface area contributed by atoms with Gasteiger partial charge in [-0.05, 0) is 12.8 Å². The fraction of sp³-hybridized carbons (Fsp3) is 0.600. The van der Waals surface area contributed by atoms with Crippen molar-refractivity contribution in [3.63, 3.8) is 0 Å². The predicted octanol–water partition coefficient (Wildman–Crippen LogP) is -0.104. The molecule has 82 valence electrons. The van der Waals surface area contributed by atoms with Gasteiger partial charge in [-0.3, -0.25) is 4.98 Å². The summed E-state index contributed by atoms with van der Waals surface area (Å²) in [6, 6.07) is 0. The minimum absolute atomic E-state index is 0.241. The molecule has 0 spiro atoms. The van der Waals surface area contributed by atoms with Gasteiger partial charge >= 0.3 is 0 Å². The smallest absolute Gasteiger partial charge is 0.147 e. The molecule has 0 amide bonds. The maximum absolute atomic E-state index is 9.53. The van der Waals surface area contributed by atoms with E-state index < -0.39 is 0 Å². The molecular formula is C10H16N4O. The lowest BCUT2D eigenvalue weighted by Crippen LogP contribution is -2.38. The van der Waals surface area contributed by atoms with Crippen molar-refractivity contribution in [3.8, 4) is 0 Å². The van der Waals surface area contributed by atoms with Crippen LogP contribution in [0.5, 0.6) is 0 Å². The number of hydrogen-bond donors (Lipinski definition) is 2. The van der Waals surface area contributed by atoms with Crippen molar-refractivity contribution in [2.45, 2.75) is 25.5 Å². The Hall–Kier alpha value is -1.20. The zero-order valence-corrected chi connectivity index (χ0v) is 8.63. The van der Waals surface area contributed by atoms with Crippen molar-refractivity contribution in [2.75, 3.05) is 18.0 Å². The van der Waals surface area contributed by atoms with Crippen LogP contribution in [-0.4, -0.2) is 34.3 Å². The largest absolute Gasteiger partial charge is 0.391 e. The lowest BCUT2D eigenvalue weighted by atomic mass is 10.1. The van der Waals surface area contributed by atoms with Gasteiger partial charge in [0, 0.05) is 19.6 Å². The summed E-state index contributed by atoms with van der Waals surface area (Å²) in [5, 5.41) is 9.53. The Labute approximate surface area is 88.9 Å². The number of aliphatic hydroxyl groups excluding tert-OH is 1. The summed E-state index contributed by atoms with van der Waals surface area (Å²) in [7, 11) is 0. The molecule has 2 heterocycles. The van der Waals surface area contributed by atoms with E-state index in [0.29, 0.717) is 13.1 Å². The maximum atomic E-state index is 9.53. The lowest BCUT2D eigenvalue weighted by molar-refractivity contribution is 0.154. The first-order valence-electron chi connectivity index (χ1n) is 5.23. The zero-order valence-electron chi connectivity index (χ0n) is 8.63. The number of aromatic nitrogens is 2. The molecule has 5 nitrogen and oxygen atoms in total. The van der Waals surface area contributed by atoms with Crippen molar-refractivity contribution in [1.82, 2.24) is 9.97 Å². The minimum Gasteiger partial charge on any atom is -0.391 e. The monoisotopic (exact) mass is 208 g/mol. The highest BCUT2D eigenvalue weighted by Crippen LogP contribution is 2.16. The molecule has 0 aliphatic carbocycles. The van der Waals surface area contributed by atoms with Crippen LogP contribution in [0.15, 0.2) is 12.4 Å². The molecule has 0 saturated carbocycles. The van der Waals surface area contributed by atoms with Crippen LogP contribution >= 0.6 is 0 Å². The number of nitrogens with zero attached hydrogens (tertiary/aromatic N) is 3. The first-order valence-corrected chi connectivity index (χ1v) is 5.23. The third-order valence-electron chi connectivity index (χ3n) is 2.62. The maximum Gasteiger partial charge on any atom is 0.147 e. The second-order valence-corrected chi connectivity index (χ2v) is 3.81. The second-order valence-electron chi connectivity index (χ2n) is 3.81. The average Bonchev–Trinajstić information content (AvgIpc) is 2.29. The van der Waals surface area contributed by atoms with Gasteiger partial charge in [0.15, 0.2) is 0 Å². The fourth-order valence-corrected chi connectivity index (χ4v) is 1.78. The van der Waals surface area contributed by atoms with Crippen LogP contribution in [0.4, 0.5) is 5.82 Å². The molecule has 1 fully saturated rings. The van der Waals surface area contributed by atoms with Crippen molar-refractivity contribution in [2.24, 2.45) is 5.73 Å². The SMILES string of the molecule is NCc1cnc(N2CCCC(O)C2)cn1. The predicted molar refractivity (Wildman–Crippen MR) is 57.4 cm³/mol. The van der Waals surface area contributed by atoms with Gasteiger partial charge in [-0.25, -0.2) is 4.98 Å². The topological polar surface area (TPSA) is 75.3 Å². The number of piperidine rings is 1. The Morgan fingerprint density at radius 3 is 2.93 bits per heavy atom. The molecule has 0 aromatic carbocycles. The molecule has 1 aromatic rings. The highest BCUT2D eigenvalue weighted by molar-refractivity contribution is 5.36. The standard InChI is InChI=1S/C10H16N4O/c11-4-8-5-13-10(6-12-8)14-3-1-2-9(15)7-14/h5-6,9,15H,1-4,7,11H2. The van der Waals surface area contributed by atoms with Gasteiger partial charge in [-0.15, -0.1) is 0 Å². The molecule has 0 radical (unpaired) electrons. The molecule has 1 aliphatic heterocycles. The summed E-state index contributed by atoms with van der Waals surface area (Å²) in [6.07, 6.45) is 5.05. The normalized spacial score (nSPS) is 21.7. The van der Waals surface area contributed by atoms with E-state index in [1.807, 2.05) is 0 Å². The van der Waals surface area contributed by atoms with E-state index in [1.165, 1.54) is 0 Å². The lowest BCUT2D eigenvalue weighted by Gasteiger charge is -2.30. The van der Waals surface area contributed by atoms with Gasteiger partial charge in [0.1, 0.15) is 5.82 Å². The first-order chi connectivity index (χ1) is 7.29. The molecule has 1 aromatic heterocycles. The number of nitrogens with two attached hydrogens (primary N) is 1. The van der Waals surface area contributed by atoms with Crippen LogP contribution in [0, 0.1) is 0 Å². The van der Waals surface area contributed by atoms with E-state index in [0.717, 1.165) is 30.9 Å². The summed E-state index contributed by atoms with van der Waals surface area (Å²) < 4.78 is 0. The molecule has 0 bridgehead atoms. The van der Waals surface area contributed by atoms with E-state index in [9.17, 15) is 5.11 Å². The highest BCUT2D eigenvalue weighted by atomic mass is 16.3. The number of hydrogen-bond acceptors (Lipinski definition) is 5. The van der Waals surface area contributed by atoms with Crippen LogP contribution in [0.3, 0.4) is 0 Å².